The van der Waals surface area contributed by atoms with E-state index in [-0.39, 0.29) is 0 Å². The fourth-order valence-electron chi connectivity index (χ4n) is 2.52. The molecule has 1 nitrogen and oxygen atoms in total. The monoisotopic (exact) mass is 339 g/mol. The van der Waals surface area contributed by atoms with Gasteiger partial charge in [-0.15, -0.1) is 0 Å². The van der Waals surface area contributed by atoms with Gasteiger partial charge in [0.25, 0.3) is 0 Å². The zero-order valence-electron chi connectivity index (χ0n) is 13.1. The Morgan fingerprint density at radius 3 is 2.30 bits per heavy atom. The molecular formula is C18H30BrN. The topological polar surface area (TPSA) is 12.0 Å². The van der Waals surface area contributed by atoms with Gasteiger partial charge < -0.3 is 5.32 Å². The number of rotatable bonds is 11. The van der Waals surface area contributed by atoms with Crippen LogP contribution >= 0.6 is 15.9 Å². The van der Waals surface area contributed by atoms with E-state index < -0.39 is 0 Å². The van der Waals surface area contributed by atoms with E-state index in [1.54, 1.807) is 0 Å². The zero-order valence-corrected chi connectivity index (χ0v) is 14.7. The van der Waals surface area contributed by atoms with Crippen LogP contribution in [0.2, 0.25) is 0 Å². The fraction of sp³-hybridized carbons (Fsp3) is 0.667. The summed E-state index contributed by atoms with van der Waals surface area (Å²) in [5.74, 6) is 0. The Morgan fingerprint density at radius 1 is 0.950 bits per heavy atom. The smallest absolute Gasteiger partial charge is 0.0175 e. The quantitative estimate of drug-likeness (QED) is 0.508. The fourth-order valence-corrected chi connectivity index (χ4v) is 2.79. The van der Waals surface area contributed by atoms with Gasteiger partial charge in [-0.3, -0.25) is 0 Å². The van der Waals surface area contributed by atoms with Crippen LogP contribution in [0.3, 0.4) is 0 Å². The number of hydrogen-bond donors (Lipinski definition) is 1. The summed E-state index contributed by atoms with van der Waals surface area (Å²) in [5, 5.41) is 3.71. The molecular weight excluding hydrogens is 310 g/mol. The van der Waals surface area contributed by atoms with Gasteiger partial charge in [0, 0.05) is 10.5 Å². The molecule has 0 aromatic heterocycles. The molecule has 1 rings (SSSR count). The number of benzene rings is 1. The zero-order chi connectivity index (χ0) is 14.6. The maximum Gasteiger partial charge on any atom is 0.0175 e. The molecule has 0 aliphatic rings. The SMILES string of the molecule is CCCCCCCC(Cc1ccc(Br)cc1)NCCC. The highest BCUT2D eigenvalue weighted by Crippen LogP contribution is 2.15. The molecule has 20 heavy (non-hydrogen) atoms. The van der Waals surface area contributed by atoms with Gasteiger partial charge in [-0.2, -0.15) is 0 Å². The Bertz CT molecular complexity index is 334. The summed E-state index contributed by atoms with van der Waals surface area (Å²) in [4.78, 5) is 0. The summed E-state index contributed by atoms with van der Waals surface area (Å²) in [5.41, 5.74) is 1.44. The Labute approximate surface area is 133 Å². The highest BCUT2D eigenvalue weighted by Gasteiger charge is 2.08. The lowest BCUT2D eigenvalue weighted by atomic mass is 9.99. The molecule has 0 aliphatic carbocycles. The van der Waals surface area contributed by atoms with Crippen LogP contribution in [0.5, 0.6) is 0 Å². The maximum absolute atomic E-state index is 3.71. The Kier molecular flexibility index (Phi) is 10.0. The van der Waals surface area contributed by atoms with Gasteiger partial charge in [0.05, 0.1) is 0 Å². The minimum atomic E-state index is 0.637. The molecule has 114 valence electrons. The molecule has 1 aromatic rings. The number of hydrogen-bond acceptors (Lipinski definition) is 1. The highest BCUT2D eigenvalue weighted by molar-refractivity contribution is 9.10. The van der Waals surface area contributed by atoms with E-state index in [0.29, 0.717) is 6.04 Å². The van der Waals surface area contributed by atoms with E-state index in [0.717, 1.165) is 13.0 Å². The van der Waals surface area contributed by atoms with Crippen molar-refractivity contribution in [1.29, 1.82) is 0 Å². The summed E-state index contributed by atoms with van der Waals surface area (Å²) < 4.78 is 1.17. The molecule has 0 aliphatic heterocycles. The van der Waals surface area contributed by atoms with Crippen LogP contribution in [0.15, 0.2) is 28.7 Å². The minimum absolute atomic E-state index is 0.637. The molecule has 1 atom stereocenters. The van der Waals surface area contributed by atoms with Crippen LogP contribution in [-0.4, -0.2) is 12.6 Å². The van der Waals surface area contributed by atoms with Crippen molar-refractivity contribution in [2.45, 2.75) is 71.3 Å². The number of unbranched alkanes of at least 4 members (excludes halogenated alkanes) is 4. The van der Waals surface area contributed by atoms with Crippen molar-refractivity contribution in [2.75, 3.05) is 6.54 Å². The van der Waals surface area contributed by atoms with E-state index in [2.05, 4.69) is 59.4 Å². The molecule has 0 saturated carbocycles. The predicted octanol–water partition coefficient (Wildman–Crippen LogP) is 5.72. The average molecular weight is 340 g/mol. The van der Waals surface area contributed by atoms with E-state index in [9.17, 15) is 0 Å². The molecule has 1 N–H and O–H groups in total. The van der Waals surface area contributed by atoms with Crippen molar-refractivity contribution in [3.63, 3.8) is 0 Å². The van der Waals surface area contributed by atoms with Crippen molar-refractivity contribution < 1.29 is 0 Å². The largest absolute Gasteiger partial charge is 0.314 e. The lowest BCUT2D eigenvalue weighted by Gasteiger charge is -2.18. The standard InChI is InChI=1S/C18H30BrN/c1-3-5-6-7-8-9-18(20-14-4-2)15-16-10-12-17(19)13-11-16/h10-13,18,20H,3-9,14-15H2,1-2H3. The second kappa shape index (κ2) is 11.3. The van der Waals surface area contributed by atoms with Crippen molar-refractivity contribution in [3.05, 3.63) is 34.3 Å². The van der Waals surface area contributed by atoms with Crippen molar-refractivity contribution >= 4 is 15.9 Å². The second-order valence-electron chi connectivity index (χ2n) is 5.68. The van der Waals surface area contributed by atoms with E-state index in [1.165, 1.54) is 55.0 Å². The van der Waals surface area contributed by atoms with Crippen LogP contribution in [0, 0.1) is 0 Å². The van der Waals surface area contributed by atoms with Gasteiger partial charge in [-0.05, 0) is 43.5 Å². The lowest BCUT2D eigenvalue weighted by molar-refractivity contribution is 0.451. The van der Waals surface area contributed by atoms with Gasteiger partial charge in [-0.25, -0.2) is 0 Å². The van der Waals surface area contributed by atoms with Crippen molar-refractivity contribution in [2.24, 2.45) is 0 Å². The summed E-state index contributed by atoms with van der Waals surface area (Å²) in [6, 6.07) is 9.41. The van der Waals surface area contributed by atoms with Crippen LogP contribution in [0.1, 0.15) is 64.4 Å². The molecule has 0 radical (unpaired) electrons. The first-order valence-electron chi connectivity index (χ1n) is 8.24. The van der Waals surface area contributed by atoms with E-state index in [1.807, 2.05) is 0 Å². The summed E-state index contributed by atoms with van der Waals surface area (Å²) in [6.07, 6.45) is 10.5. The first kappa shape index (κ1) is 17.7. The molecule has 0 fully saturated rings. The third kappa shape index (κ3) is 8.06. The minimum Gasteiger partial charge on any atom is -0.314 e. The molecule has 0 saturated heterocycles. The van der Waals surface area contributed by atoms with Crippen LogP contribution < -0.4 is 5.32 Å². The van der Waals surface area contributed by atoms with E-state index >= 15 is 0 Å². The Balaban J connectivity index is 2.36. The predicted molar refractivity (Wildman–Crippen MR) is 93.3 cm³/mol. The van der Waals surface area contributed by atoms with Gasteiger partial charge in [-0.1, -0.05) is 74.0 Å². The number of halogens is 1. The molecule has 0 bridgehead atoms. The van der Waals surface area contributed by atoms with Gasteiger partial charge >= 0.3 is 0 Å². The molecule has 0 heterocycles. The molecule has 2 heteroatoms. The summed E-state index contributed by atoms with van der Waals surface area (Å²) >= 11 is 3.50. The van der Waals surface area contributed by atoms with Gasteiger partial charge in [0.1, 0.15) is 0 Å². The molecule has 0 spiro atoms. The third-order valence-corrected chi connectivity index (χ3v) is 4.26. The summed E-state index contributed by atoms with van der Waals surface area (Å²) in [6.45, 7) is 5.65. The maximum atomic E-state index is 3.71. The number of nitrogens with one attached hydrogen (secondary N) is 1. The lowest BCUT2D eigenvalue weighted by Crippen LogP contribution is -2.31. The van der Waals surface area contributed by atoms with Crippen LogP contribution in [0.4, 0.5) is 0 Å². The molecule has 1 aromatic carbocycles. The van der Waals surface area contributed by atoms with Crippen LogP contribution in [0.25, 0.3) is 0 Å². The summed E-state index contributed by atoms with van der Waals surface area (Å²) in [7, 11) is 0. The van der Waals surface area contributed by atoms with Gasteiger partial charge in [0.2, 0.25) is 0 Å². The normalized spacial score (nSPS) is 12.6. The third-order valence-electron chi connectivity index (χ3n) is 3.73. The van der Waals surface area contributed by atoms with Gasteiger partial charge in [0.15, 0.2) is 0 Å². The molecule has 1 unspecified atom stereocenters. The molecule has 0 amide bonds. The Hall–Kier alpha value is -0.340. The van der Waals surface area contributed by atoms with Crippen molar-refractivity contribution in [1.82, 2.24) is 5.32 Å². The average Bonchev–Trinajstić information content (AvgIpc) is 2.46. The van der Waals surface area contributed by atoms with E-state index in [4.69, 9.17) is 0 Å². The highest BCUT2D eigenvalue weighted by atomic mass is 79.9. The van der Waals surface area contributed by atoms with Crippen molar-refractivity contribution in [3.8, 4) is 0 Å². The van der Waals surface area contributed by atoms with Crippen LogP contribution in [-0.2, 0) is 6.42 Å². The Morgan fingerprint density at radius 2 is 1.65 bits per heavy atom. The first-order valence-corrected chi connectivity index (χ1v) is 9.03. The first-order chi connectivity index (χ1) is 9.76. The second-order valence-corrected chi connectivity index (χ2v) is 6.60.